The molecule has 2 amide bonds. The second kappa shape index (κ2) is 7.87. The molecule has 1 aromatic rings. The van der Waals surface area contributed by atoms with Crippen LogP contribution in [0.2, 0.25) is 0 Å². The molecule has 6 heteroatoms. The van der Waals surface area contributed by atoms with Crippen molar-refractivity contribution in [2.45, 2.75) is 32.2 Å². The summed E-state index contributed by atoms with van der Waals surface area (Å²) in [5, 5.41) is 0. The first-order valence-electron chi connectivity index (χ1n) is 9.14. The van der Waals surface area contributed by atoms with Crippen LogP contribution in [-0.2, 0) is 16.0 Å². The quantitative estimate of drug-likeness (QED) is 0.826. The van der Waals surface area contributed by atoms with Crippen LogP contribution in [0.1, 0.15) is 25.3 Å². The lowest BCUT2D eigenvalue weighted by Gasteiger charge is -2.42. The largest absolute Gasteiger partial charge is 0.399 e. The van der Waals surface area contributed by atoms with Gasteiger partial charge in [0.15, 0.2) is 0 Å². The van der Waals surface area contributed by atoms with Gasteiger partial charge in [0.1, 0.15) is 0 Å². The van der Waals surface area contributed by atoms with Gasteiger partial charge >= 0.3 is 0 Å². The Bertz CT molecular complexity index is 610. The maximum Gasteiger partial charge on any atom is 0.227 e. The molecule has 0 saturated carbocycles. The van der Waals surface area contributed by atoms with Crippen molar-refractivity contribution < 1.29 is 9.59 Å². The Hall–Kier alpha value is -2.08. The fourth-order valence-corrected chi connectivity index (χ4v) is 3.80. The van der Waals surface area contributed by atoms with Crippen molar-refractivity contribution in [1.29, 1.82) is 0 Å². The first-order valence-corrected chi connectivity index (χ1v) is 9.14. The number of carbonyl (C=O) groups excluding carboxylic acids is 2. The number of carbonyl (C=O) groups is 2. The molecule has 0 aromatic heterocycles. The lowest BCUT2D eigenvalue weighted by molar-refractivity contribution is -0.142. The zero-order valence-electron chi connectivity index (χ0n) is 15.0. The van der Waals surface area contributed by atoms with Crippen LogP contribution in [0.25, 0.3) is 0 Å². The summed E-state index contributed by atoms with van der Waals surface area (Å²) in [4.78, 5) is 30.9. The third-order valence-electron chi connectivity index (χ3n) is 5.25. The number of nitrogens with zero attached hydrogens (tertiary/aromatic N) is 3. The number of rotatable bonds is 4. The standard InChI is InChI=1S/C19H28N4O2/c1-15(24)22-10-11-23(18(14-22)13-21-8-2-3-9-21)19(25)12-16-4-6-17(20)7-5-16/h4-7,18H,2-3,8-14,20H2,1H3/t18-/m0/s1. The number of piperazine rings is 1. The van der Waals surface area contributed by atoms with E-state index in [2.05, 4.69) is 4.90 Å². The van der Waals surface area contributed by atoms with Gasteiger partial charge < -0.3 is 20.4 Å². The normalized spacial score (nSPS) is 21.6. The Balaban J connectivity index is 1.68. The number of anilines is 1. The summed E-state index contributed by atoms with van der Waals surface area (Å²) < 4.78 is 0. The van der Waals surface area contributed by atoms with E-state index in [1.165, 1.54) is 12.8 Å². The predicted molar refractivity (Wildman–Crippen MR) is 98.0 cm³/mol. The number of amides is 2. The van der Waals surface area contributed by atoms with E-state index in [4.69, 9.17) is 5.73 Å². The van der Waals surface area contributed by atoms with Crippen LogP contribution in [0.5, 0.6) is 0 Å². The van der Waals surface area contributed by atoms with E-state index < -0.39 is 0 Å². The maximum atomic E-state index is 12.9. The minimum absolute atomic E-state index is 0.0806. The fraction of sp³-hybridized carbons (Fsp3) is 0.579. The fourth-order valence-electron chi connectivity index (χ4n) is 3.80. The maximum absolute atomic E-state index is 12.9. The highest BCUT2D eigenvalue weighted by Gasteiger charge is 2.33. The highest BCUT2D eigenvalue weighted by molar-refractivity contribution is 5.80. The zero-order valence-corrected chi connectivity index (χ0v) is 15.0. The molecule has 6 nitrogen and oxygen atoms in total. The second-order valence-corrected chi connectivity index (χ2v) is 7.13. The van der Waals surface area contributed by atoms with E-state index in [1.54, 1.807) is 6.92 Å². The van der Waals surface area contributed by atoms with E-state index in [0.717, 1.165) is 25.2 Å². The first kappa shape index (κ1) is 17.7. The number of nitrogens with two attached hydrogens (primary N) is 1. The molecule has 0 radical (unpaired) electrons. The van der Waals surface area contributed by atoms with Gasteiger partial charge in [-0.25, -0.2) is 0 Å². The minimum Gasteiger partial charge on any atom is -0.399 e. The van der Waals surface area contributed by atoms with E-state index in [-0.39, 0.29) is 17.9 Å². The summed E-state index contributed by atoms with van der Waals surface area (Å²) in [5.74, 6) is 0.231. The Morgan fingerprint density at radius 3 is 2.40 bits per heavy atom. The van der Waals surface area contributed by atoms with E-state index >= 15 is 0 Å². The van der Waals surface area contributed by atoms with E-state index in [0.29, 0.717) is 31.7 Å². The molecule has 2 heterocycles. The van der Waals surface area contributed by atoms with Gasteiger partial charge in [0.25, 0.3) is 0 Å². The smallest absolute Gasteiger partial charge is 0.227 e. The number of hydrogen-bond donors (Lipinski definition) is 1. The van der Waals surface area contributed by atoms with Gasteiger partial charge in [-0.3, -0.25) is 9.59 Å². The second-order valence-electron chi connectivity index (χ2n) is 7.13. The minimum atomic E-state index is 0.0806. The Morgan fingerprint density at radius 2 is 1.76 bits per heavy atom. The average Bonchev–Trinajstić information content (AvgIpc) is 3.09. The highest BCUT2D eigenvalue weighted by Crippen LogP contribution is 2.17. The van der Waals surface area contributed by atoms with Crippen molar-refractivity contribution in [1.82, 2.24) is 14.7 Å². The average molecular weight is 344 g/mol. The van der Waals surface area contributed by atoms with E-state index in [1.807, 2.05) is 34.1 Å². The molecule has 0 spiro atoms. The Kier molecular flexibility index (Phi) is 5.58. The third-order valence-corrected chi connectivity index (χ3v) is 5.25. The molecule has 0 aliphatic carbocycles. The summed E-state index contributed by atoms with van der Waals surface area (Å²) in [6, 6.07) is 7.57. The summed E-state index contributed by atoms with van der Waals surface area (Å²) in [6.45, 7) is 6.54. The lowest BCUT2D eigenvalue weighted by Crippen LogP contribution is -2.59. The molecule has 2 fully saturated rings. The van der Waals surface area contributed by atoms with Gasteiger partial charge in [-0.05, 0) is 43.6 Å². The van der Waals surface area contributed by atoms with Crippen LogP contribution in [-0.4, -0.2) is 71.8 Å². The van der Waals surface area contributed by atoms with Gasteiger partial charge in [0.2, 0.25) is 11.8 Å². The summed E-state index contributed by atoms with van der Waals surface area (Å²) in [7, 11) is 0. The molecule has 1 aromatic carbocycles. The Morgan fingerprint density at radius 1 is 1.08 bits per heavy atom. The van der Waals surface area contributed by atoms with Crippen LogP contribution in [0, 0.1) is 0 Å². The van der Waals surface area contributed by atoms with Crippen LogP contribution < -0.4 is 5.73 Å². The Labute approximate surface area is 149 Å². The molecule has 2 N–H and O–H groups in total. The molecule has 0 unspecified atom stereocenters. The molecule has 2 aliphatic heterocycles. The molecule has 3 rings (SSSR count). The molecule has 2 saturated heterocycles. The number of likely N-dealkylation sites (tertiary alicyclic amines) is 1. The van der Waals surface area contributed by atoms with Gasteiger partial charge in [-0.15, -0.1) is 0 Å². The van der Waals surface area contributed by atoms with Crippen molar-refractivity contribution in [3.63, 3.8) is 0 Å². The van der Waals surface area contributed by atoms with Crippen molar-refractivity contribution >= 4 is 17.5 Å². The predicted octanol–water partition coefficient (Wildman–Crippen LogP) is 0.966. The molecular formula is C19H28N4O2. The monoisotopic (exact) mass is 344 g/mol. The van der Waals surface area contributed by atoms with Gasteiger partial charge in [-0.1, -0.05) is 12.1 Å². The zero-order chi connectivity index (χ0) is 17.8. The van der Waals surface area contributed by atoms with Crippen molar-refractivity contribution in [2.24, 2.45) is 0 Å². The molecule has 25 heavy (non-hydrogen) atoms. The number of benzene rings is 1. The molecule has 1 atom stereocenters. The van der Waals surface area contributed by atoms with E-state index in [9.17, 15) is 9.59 Å². The highest BCUT2D eigenvalue weighted by atomic mass is 16.2. The summed E-state index contributed by atoms with van der Waals surface area (Å²) in [6.07, 6.45) is 2.84. The van der Waals surface area contributed by atoms with Gasteiger partial charge in [-0.2, -0.15) is 0 Å². The topological polar surface area (TPSA) is 69.9 Å². The summed E-state index contributed by atoms with van der Waals surface area (Å²) in [5.41, 5.74) is 7.41. The number of hydrogen-bond acceptors (Lipinski definition) is 4. The van der Waals surface area contributed by atoms with Crippen LogP contribution >= 0.6 is 0 Å². The SMILES string of the molecule is CC(=O)N1CCN(C(=O)Cc2ccc(N)cc2)[C@@H](CN2CCCC2)C1. The molecule has 136 valence electrons. The molecule has 2 aliphatic rings. The van der Waals surface area contributed by atoms with Gasteiger partial charge in [0.05, 0.1) is 12.5 Å². The van der Waals surface area contributed by atoms with Crippen LogP contribution in [0.4, 0.5) is 5.69 Å². The molecule has 0 bridgehead atoms. The van der Waals surface area contributed by atoms with Crippen molar-refractivity contribution in [2.75, 3.05) is 45.0 Å². The number of nitrogen functional groups attached to an aromatic ring is 1. The van der Waals surface area contributed by atoms with Crippen LogP contribution in [0.15, 0.2) is 24.3 Å². The first-order chi connectivity index (χ1) is 12.0. The third kappa shape index (κ3) is 4.51. The van der Waals surface area contributed by atoms with Crippen LogP contribution in [0.3, 0.4) is 0 Å². The molecular weight excluding hydrogens is 316 g/mol. The van der Waals surface area contributed by atoms with Gasteiger partial charge in [0, 0.05) is 38.8 Å². The summed E-state index contributed by atoms with van der Waals surface area (Å²) >= 11 is 0. The van der Waals surface area contributed by atoms with Crippen molar-refractivity contribution in [3.05, 3.63) is 29.8 Å². The lowest BCUT2D eigenvalue weighted by atomic mass is 10.1. The van der Waals surface area contributed by atoms with Crippen molar-refractivity contribution in [3.8, 4) is 0 Å².